The molecule has 0 atom stereocenters. The van der Waals surface area contributed by atoms with Gasteiger partial charge in [-0.05, 0) is 42.5 Å². The third kappa shape index (κ3) is 5.53. The number of hydrogen-bond donors (Lipinski definition) is 0. The van der Waals surface area contributed by atoms with Crippen LogP contribution in [0.2, 0.25) is 0 Å². The molecule has 0 spiro atoms. The van der Waals surface area contributed by atoms with Crippen molar-refractivity contribution in [2.24, 2.45) is 0 Å². The number of hydrogen-bond acceptors (Lipinski definition) is 5. The van der Waals surface area contributed by atoms with Crippen molar-refractivity contribution in [3.63, 3.8) is 0 Å². The standard InChI is InChI=1S/C18H27N3O2S/c1-14(2)17-7-6-16(12-15(17)3)23-10-11-24-18-20-19-13-21(18)8-5-9-22-4/h6-7,12-14H,5,8-11H2,1-4H3. The van der Waals surface area contributed by atoms with E-state index in [1.807, 2.05) is 0 Å². The van der Waals surface area contributed by atoms with Gasteiger partial charge in [0.15, 0.2) is 5.16 Å². The van der Waals surface area contributed by atoms with E-state index in [9.17, 15) is 0 Å². The second kappa shape index (κ2) is 9.69. The van der Waals surface area contributed by atoms with Crippen molar-refractivity contribution in [3.05, 3.63) is 35.7 Å². The average Bonchev–Trinajstić information content (AvgIpc) is 2.99. The van der Waals surface area contributed by atoms with Crippen LogP contribution in [-0.2, 0) is 11.3 Å². The molecule has 1 aromatic heterocycles. The van der Waals surface area contributed by atoms with E-state index in [1.54, 1.807) is 25.2 Å². The second-order valence-corrected chi connectivity index (χ2v) is 7.09. The fraction of sp³-hybridized carbons (Fsp3) is 0.556. The summed E-state index contributed by atoms with van der Waals surface area (Å²) in [5.41, 5.74) is 2.66. The number of aromatic nitrogens is 3. The molecule has 0 bridgehead atoms. The number of thioether (sulfide) groups is 1. The summed E-state index contributed by atoms with van der Waals surface area (Å²) in [5.74, 6) is 2.31. The van der Waals surface area contributed by atoms with Crippen LogP contribution in [0.15, 0.2) is 29.7 Å². The summed E-state index contributed by atoms with van der Waals surface area (Å²) in [6.45, 7) is 8.83. The molecule has 0 radical (unpaired) electrons. The Kier molecular flexibility index (Phi) is 7.59. The van der Waals surface area contributed by atoms with Gasteiger partial charge in [0.25, 0.3) is 0 Å². The lowest BCUT2D eigenvalue weighted by atomic mass is 9.98. The summed E-state index contributed by atoms with van der Waals surface area (Å²) < 4.78 is 13.0. The SMILES string of the molecule is COCCCn1cnnc1SCCOc1ccc(C(C)C)c(C)c1. The summed E-state index contributed by atoms with van der Waals surface area (Å²) >= 11 is 1.67. The Bertz CT molecular complexity index is 628. The molecule has 0 aliphatic heterocycles. The molecule has 6 heteroatoms. The Morgan fingerprint density at radius 2 is 2.08 bits per heavy atom. The van der Waals surface area contributed by atoms with Gasteiger partial charge in [0.1, 0.15) is 12.1 Å². The van der Waals surface area contributed by atoms with Crippen molar-refractivity contribution >= 4 is 11.8 Å². The van der Waals surface area contributed by atoms with Gasteiger partial charge in [0.05, 0.1) is 6.61 Å². The summed E-state index contributed by atoms with van der Waals surface area (Å²) in [6.07, 6.45) is 2.73. The molecule has 24 heavy (non-hydrogen) atoms. The van der Waals surface area contributed by atoms with Gasteiger partial charge in [0.2, 0.25) is 0 Å². The highest BCUT2D eigenvalue weighted by Crippen LogP contribution is 2.24. The molecule has 2 rings (SSSR count). The summed E-state index contributed by atoms with van der Waals surface area (Å²) in [4.78, 5) is 0. The Morgan fingerprint density at radius 1 is 1.25 bits per heavy atom. The molecule has 0 saturated heterocycles. The van der Waals surface area contributed by atoms with Crippen LogP contribution < -0.4 is 4.74 Å². The Labute approximate surface area is 148 Å². The van der Waals surface area contributed by atoms with Crippen LogP contribution in [0, 0.1) is 6.92 Å². The van der Waals surface area contributed by atoms with Crippen LogP contribution in [0.4, 0.5) is 0 Å². The van der Waals surface area contributed by atoms with Gasteiger partial charge < -0.3 is 14.0 Å². The van der Waals surface area contributed by atoms with Crippen LogP contribution in [0.1, 0.15) is 37.3 Å². The van der Waals surface area contributed by atoms with Crippen molar-refractivity contribution < 1.29 is 9.47 Å². The molecule has 132 valence electrons. The maximum atomic E-state index is 5.86. The van der Waals surface area contributed by atoms with E-state index in [4.69, 9.17) is 9.47 Å². The Morgan fingerprint density at radius 3 is 2.79 bits per heavy atom. The first kappa shape index (κ1) is 18.8. The van der Waals surface area contributed by atoms with E-state index in [1.165, 1.54) is 11.1 Å². The fourth-order valence-electron chi connectivity index (χ4n) is 2.57. The molecule has 0 fully saturated rings. The number of rotatable bonds is 10. The number of benzene rings is 1. The lowest BCUT2D eigenvalue weighted by molar-refractivity contribution is 0.189. The van der Waals surface area contributed by atoms with Crippen molar-refractivity contribution in [2.45, 2.75) is 44.8 Å². The van der Waals surface area contributed by atoms with Gasteiger partial charge in [-0.1, -0.05) is 31.7 Å². The van der Waals surface area contributed by atoms with Crippen molar-refractivity contribution in [1.82, 2.24) is 14.8 Å². The second-order valence-electron chi connectivity index (χ2n) is 6.02. The molecule has 2 aromatic rings. The van der Waals surface area contributed by atoms with Crippen molar-refractivity contribution in [3.8, 4) is 5.75 Å². The van der Waals surface area contributed by atoms with E-state index >= 15 is 0 Å². The minimum absolute atomic E-state index is 0.541. The molecular formula is C18H27N3O2S. The van der Waals surface area contributed by atoms with E-state index < -0.39 is 0 Å². The summed E-state index contributed by atoms with van der Waals surface area (Å²) in [6, 6.07) is 6.34. The molecule has 0 N–H and O–H groups in total. The third-order valence-corrected chi connectivity index (χ3v) is 4.72. The first-order valence-electron chi connectivity index (χ1n) is 8.34. The highest BCUT2D eigenvalue weighted by molar-refractivity contribution is 7.99. The third-order valence-electron chi connectivity index (χ3n) is 3.77. The number of methoxy groups -OCH3 is 1. The molecule has 0 aliphatic carbocycles. The predicted octanol–water partition coefficient (Wildman–Crippen LogP) is 3.92. The van der Waals surface area contributed by atoms with E-state index in [2.05, 4.69) is 53.7 Å². The molecule has 0 saturated carbocycles. The monoisotopic (exact) mass is 349 g/mol. The lowest BCUT2D eigenvalue weighted by Gasteiger charge is -2.12. The van der Waals surface area contributed by atoms with Crippen LogP contribution >= 0.6 is 11.8 Å². The minimum atomic E-state index is 0.541. The molecule has 0 aliphatic rings. The largest absolute Gasteiger partial charge is 0.493 e. The molecule has 1 aromatic carbocycles. The highest BCUT2D eigenvalue weighted by Gasteiger charge is 2.07. The lowest BCUT2D eigenvalue weighted by Crippen LogP contribution is -2.05. The maximum Gasteiger partial charge on any atom is 0.191 e. The van der Waals surface area contributed by atoms with Gasteiger partial charge in [-0.25, -0.2) is 0 Å². The summed E-state index contributed by atoms with van der Waals surface area (Å²) in [5, 5.41) is 9.08. The van der Waals surface area contributed by atoms with Crippen LogP contribution in [0.5, 0.6) is 5.75 Å². The normalized spacial score (nSPS) is 11.2. The minimum Gasteiger partial charge on any atom is -0.493 e. The highest BCUT2D eigenvalue weighted by atomic mass is 32.2. The maximum absolute atomic E-state index is 5.86. The molecule has 5 nitrogen and oxygen atoms in total. The molecular weight excluding hydrogens is 322 g/mol. The fourth-order valence-corrected chi connectivity index (χ4v) is 3.33. The quantitative estimate of drug-likeness (QED) is 0.481. The first-order valence-corrected chi connectivity index (χ1v) is 9.33. The van der Waals surface area contributed by atoms with E-state index in [0.29, 0.717) is 12.5 Å². The van der Waals surface area contributed by atoms with Gasteiger partial charge in [-0.3, -0.25) is 0 Å². The van der Waals surface area contributed by atoms with Crippen LogP contribution in [0.25, 0.3) is 0 Å². The molecule has 0 unspecified atom stereocenters. The summed E-state index contributed by atoms with van der Waals surface area (Å²) in [7, 11) is 1.72. The van der Waals surface area contributed by atoms with Crippen LogP contribution in [0.3, 0.4) is 0 Å². The smallest absolute Gasteiger partial charge is 0.191 e. The number of aryl methyl sites for hydroxylation is 2. The van der Waals surface area contributed by atoms with E-state index in [0.717, 1.165) is 36.2 Å². The van der Waals surface area contributed by atoms with Crippen LogP contribution in [-0.4, -0.2) is 40.8 Å². The number of nitrogens with zero attached hydrogens (tertiary/aromatic N) is 3. The van der Waals surface area contributed by atoms with Gasteiger partial charge in [-0.2, -0.15) is 0 Å². The van der Waals surface area contributed by atoms with Crippen molar-refractivity contribution in [2.75, 3.05) is 26.1 Å². The average molecular weight is 350 g/mol. The van der Waals surface area contributed by atoms with E-state index in [-0.39, 0.29) is 0 Å². The van der Waals surface area contributed by atoms with Gasteiger partial charge in [0, 0.05) is 26.0 Å². The zero-order chi connectivity index (χ0) is 17.4. The predicted molar refractivity (Wildman–Crippen MR) is 98.0 cm³/mol. The first-order chi connectivity index (χ1) is 11.6. The van der Waals surface area contributed by atoms with Gasteiger partial charge >= 0.3 is 0 Å². The Balaban J connectivity index is 1.77. The number of ether oxygens (including phenoxy) is 2. The van der Waals surface area contributed by atoms with Gasteiger partial charge in [-0.15, -0.1) is 10.2 Å². The topological polar surface area (TPSA) is 49.2 Å². The molecule has 1 heterocycles. The van der Waals surface area contributed by atoms with Crippen molar-refractivity contribution in [1.29, 1.82) is 0 Å². The zero-order valence-corrected chi connectivity index (χ0v) is 15.8. The zero-order valence-electron chi connectivity index (χ0n) is 15.0. The Hall–Kier alpha value is -1.53. The molecule has 0 amide bonds.